The van der Waals surface area contributed by atoms with Gasteiger partial charge in [0.25, 0.3) is 0 Å². The van der Waals surface area contributed by atoms with Crippen molar-refractivity contribution >= 4 is 22.8 Å². The third kappa shape index (κ3) is 2.69. The van der Waals surface area contributed by atoms with E-state index in [2.05, 4.69) is 26.8 Å². The van der Waals surface area contributed by atoms with Crippen molar-refractivity contribution in [3.63, 3.8) is 0 Å². The molecule has 0 atom stereocenters. The minimum atomic E-state index is 0.815. The number of aldehydes is 1. The molecule has 0 unspecified atom stereocenters. The lowest BCUT2D eigenvalue weighted by Gasteiger charge is -2.09. The SMILES string of the molecule is CCC/C(C=O)=C(\CCC)c1oc2ccccc2c1C. The predicted molar refractivity (Wildman–Crippen MR) is 83.8 cm³/mol. The number of furan rings is 1. The molecular formula is C18H22O2. The minimum Gasteiger partial charge on any atom is -0.456 e. The van der Waals surface area contributed by atoms with Gasteiger partial charge in [0.05, 0.1) is 0 Å². The van der Waals surface area contributed by atoms with Crippen LogP contribution < -0.4 is 0 Å². The van der Waals surface area contributed by atoms with Gasteiger partial charge in [-0.3, -0.25) is 4.79 Å². The second kappa shape index (κ2) is 6.56. The van der Waals surface area contributed by atoms with Crippen LogP contribution in [0.15, 0.2) is 34.3 Å². The van der Waals surface area contributed by atoms with Gasteiger partial charge in [-0.2, -0.15) is 0 Å². The Hall–Kier alpha value is -1.83. The monoisotopic (exact) mass is 270 g/mol. The van der Waals surface area contributed by atoms with Gasteiger partial charge in [-0.15, -0.1) is 0 Å². The Labute approximate surface area is 120 Å². The van der Waals surface area contributed by atoms with Gasteiger partial charge in [0.1, 0.15) is 17.6 Å². The van der Waals surface area contributed by atoms with E-state index in [1.54, 1.807) is 0 Å². The number of rotatable bonds is 6. The van der Waals surface area contributed by atoms with Gasteiger partial charge in [-0.1, -0.05) is 44.9 Å². The number of benzene rings is 1. The summed E-state index contributed by atoms with van der Waals surface area (Å²) in [7, 11) is 0. The zero-order chi connectivity index (χ0) is 14.5. The Balaban J connectivity index is 2.62. The van der Waals surface area contributed by atoms with Crippen LogP contribution in [0.5, 0.6) is 0 Å². The lowest BCUT2D eigenvalue weighted by atomic mass is 9.96. The van der Waals surface area contributed by atoms with Crippen LogP contribution in [0.3, 0.4) is 0 Å². The summed E-state index contributed by atoms with van der Waals surface area (Å²) in [6.07, 6.45) is 4.68. The largest absolute Gasteiger partial charge is 0.456 e. The number of carbonyl (C=O) groups is 1. The first-order chi connectivity index (χ1) is 9.72. The third-order valence-corrected chi connectivity index (χ3v) is 3.67. The van der Waals surface area contributed by atoms with Crippen LogP contribution in [-0.2, 0) is 4.79 Å². The summed E-state index contributed by atoms with van der Waals surface area (Å²) in [6, 6.07) is 8.05. The standard InChI is InChI=1S/C18H22O2/c1-4-8-14(12-19)16(9-5-2)18-13(3)15-10-6-7-11-17(15)20-18/h6-7,10-12H,4-5,8-9H2,1-3H3/b16-14-. The molecule has 1 aromatic carbocycles. The second-order valence-electron chi connectivity index (χ2n) is 5.17. The van der Waals surface area contributed by atoms with Gasteiger partial charge in [-0.25, -0.2) is 0 Å². The predicted octanol–water partition coefficient (Wildman–Crippen LogP) is 5.29. The fourth-order valence-corrected chi connectivity index (χ4v) is 2.68. The van der Waals surface area contributed by atoms with Crippen LogP contribution in [0, 0.1) is 6.92 Å². The van der Waals surface area contributed by atoms with Crippen molar-refractivity contribution < 1.29 is 9.21 Å². The molecule has 0 aliphatic heterocycles. The Kier molecular flexibility index (Phi) is 4.78. The lowest BCUT2D eigenvalue weighted by Crippen LogP contribution is -1.95. The first-order valence-electron chi connectivity index (χ1n) is 7.38. The number of hydrogen-bond acceptors (Lipinski definition) is 2. The van der Waals surface area contributed by atoms with Crippen molar-refractivity contribution in [1.82, 2.24) is 0 Å². The summed E-state index contributed by atoms with van der Waals surface area (Å²) in [5, 5.41) is 1.14. The maximum Gasteiger partial charge on any atom is 0.146 e. The first kappa shape index (κ1) is 14.6. The molecule has 0 saturated carbocycles. The average molecular weight is 270 g/mol. The quantitative estimate of drug-likeness (QED) is 0.527. The molecule has 2 aromatic rings. The fourth-order valence-electron chi connectivity index (χ4n) is 2.68. The van der Waals surface area contributed by atoms with E-state index >= 15 is 0 Å². The number of fused-ring (bicyclic) bond motifs is 1. The van der Waals surface area contributed by atoms with Gasteiger partial charge in [-0.05, 0) is 31.4 Å². The average Bonchev–Trinajstić information content (AvgIpc) is 2.80. The number of allylic oxidation sites excluding steroid dienone is 2. The molecule has 2 rings (SSSR count). The highest BCUT2D eigenvalue weighted by Crippen LogP contribution is 2.34. The minimum absolute atomic E-state index is 0.815. The van der Waals surface area contributed by atoms with E-state index in [1.807, 2.05) is 18.2 Å². The van der Waals surface area contributed by atoms with Gasteiger partial charge in [0.15, 0.2) is 0 Å². The van der Waals surface area contributed by atoms with E-state index < -0.39 is 0 Å². The van der Waals surface area contributed by atoms with Gasteiger partial charge < -0.3 is 4.42 Å². The van der Waals surface area contributed by atoms with Gasteiger partial charge in [0, 0.05) is 16.5 Å². The smallest absolute Gasteiger partial charge is 0.146 e. The summed E-state index contributed by atoms with van der Waals surface area (Å²) in [5.41, 5.74) is 4.00. The molecule has 0 bridgehead atoms. The molecule has 20 heavy (non-hydrogen) atoms. The summed E-state index contributed by atoms with van der Waals surface area (Å²) >= 11 is 0. The van der Waals surface area contributed by atoms with Crippen LogP contribution in [0.1, 0.15) is 50.9 Å². The van der Waals surface area contributed by atoms with E-state index in [9.17, 15) is 4.79 Å². The molecule has 1 aromatic heterocycles. The van der Waals surface area contributed by atoms with Crippen molar-refractivity contribution in [2.24, 2.45) is 0 Å². The summed E-state index contributed by atoms with van der Waals surface area (Å²) < 4.78 is 6.03. The van der Waals surface area contributed by atoms with Crippen molar-refractivity contribution in [2.75, 3.05) is 0 Å². The molecule has 1 heterocycles. The third-order valence-electron chi connectivity index (χ3n) is 3.67. The number of aryl methyl sites for hydroxylation is 1. The highest BCUT2D eigenvalue weighted by molar-refractivity contribution is 5.92. The molecule has 0 radical (unpaired) electrons. The molecular weight excluding hydrogens is 248 g/mol. The summed E-state index contributed by atoms with van der Waals surface area (Å²) in [5.74, 6) is 0.892. The highest BCUT2D eigenvalue weighted by Gasteiger charge is 2.17. The summed E-state index contributed by atoms with van der Waals surface area (Å²) in [4.78, 5) is 11.4. The van der Waals surface area contributed by atoms with Gasteiger partial charge >= 0.3 is 0 Å². The molecule has 0 saturated heterocycles. The van der Waals surface area contributed by atoms with Crippen LogP contribution in [-0.4, -0.2) is 6.29 Å². The number of para-hydroxylation sites is 1. The van der Waals surface area contributed by atoms with Crippen molar-refractivity contribution in [3.8, 4) is 0 Å². The zero-order valence-electron chi connectivity index (χ0n) is 12.5. The second-order valence-corrected chi connectivity index (χ2v) is 5.17. The lowest BCUT2D eigenvalue weighted by molar-refractivity contribution is -0.105. The molecule has 2 heteroatoms. The fraction of sp³-hybridized carbons (Fsp3) is 0.389. The Morgan fingerprint density at radius 2 is 1.85 bits per heavy atom. The molecule has 106 valence electrons. The Morgan fingerprint density at radius 3 is 2.45 bits per heavy atom. The molecule has 0 fully saturated rings. The van der Waals surface area contributed by atoms with Crippen molar-refractivity contribution in [3.05, 3.63) is 41.2 Å². The van der Waals surface area contributed by atoms with E-state index in [0.29, 0.717) is 0 Å². The Morgan fingerprint density at radius 1 is 1.15 bits per heavy atom. The normalized spacial score (nSPS) is 12.6. The summed E-state index contributed by atoms with van der Waals surface area (Å²) in [6.45, 7) is 6.30. The molecule has 0 aliphatic rings. The number of hydrogen-bond donors (Lipinski definition) is 0. The van der Waals surface area contributed by atoms with Gasteiger partial charge in [0.2, 0.25) is 0 Å². The van der Waals surface area contributed by atoms with E-state index in [4.69, 9.17) is 4.42 Å². The van der Waals surface area contributed by atoms with Crippen LogP contribution >= 0.6 is 0 Å². The van der Waals surface area contributed by atoms with Crippen LogP contribution in [0.25, 0.3) is 16.5 Å². The number of carbonyl (C=O) groups excluding carboxylic acids is 1. The molecule has 0 aliphatic carbocycles. The van der Waals surface area contributed by atoms with Crippen molar-refractivity contribution in [1.29, 1.82) is 0 Å². The van der Waals surface area contributed by atoms with E-state index in [1.165, 1.54) is 0 Å². The molecule has 2 nitrogen and oxygen atoms in total. The zero-order valence-corrected chi connectivity index (χ0v) is 12.5. The topological polar surface area (TPSA) is 30.2 Å². The van der Waals surface area contributed by atoms with Crippen LogP contribution in [0.4, 0.5) is 0 Å². The molecule has 0 N–H and O–H groups in total. The maximum absolute atomic E-state index is 11.4. The highest BCUT2D eigenvalue weighted by atomic mass is 16.3. The van der Waals surface area contributed by atoms with E-state index in [-0.39, 0.29) is 0 Å². The van der Waals surface area contributed by atoms with Crippen molar-refractivity contribution in [2.45, 2.75) is 46.5 Å². The Bertz CT molecular complexity index is 632. The maximum atomic E-state index is 11.4. The van der Waals surface area contributed by atoms with E-state index in [0.717, 1.165) is 65.4 Å². The molecule has 0 amide bonds. The first-order valence-corrected chi connectivity index (χ1v) is 7.38. The molecule has 0 spiro atoms. The van der Waals surface area contributed by atoms with Crippen LogP contribution in [0.2, 0.25) is 0 Å².